The van der Waals surface area contributed by atoms with Gasteiger partial charge in [-0.05, 0) is 31.5 Å². The molecule has 0 aromatic heterocycles. The van der Waals surface area contributed by atoms with E-state index < -0.39 is 11.7 Å². The average molecular weight is 258 g/mol. The van der Waals surface area contributed by atoms with Crippen LogP contribution in [0.3, 0.4) is 0 Å². The molecule has 1 aliphatic heterocycles. The second-order valence-corrected chi connectivity index (χ2v) is 4.69. The predicted octanol–water partition coefficient (Wildman–Crippen LogP) is 2.89. The first-order valence-corrected chi connectivity index (χ1v) is 6.09. The van der Waals surface area contributed by atoms with Crippen LogP contribution in [0.4, 0.5) is 18.9 Å². The van der Waals surface area contributed by atoms with Crippen molar-refractivity contribution in [3.05, 3.63) is 29.8 Å². The number of para-hydroxylation sites is 1. The molecule has 2 nitrogen and oxygen atoms in total. The van der Waals surface area contributed by atoms with E-state index in [-0.39, 0.29) is 11.7 Å². The summed E-state index contributed by atoms with van der Waals surface area (Å²) in [5.74, 6) is 0. The molecule has 1 N–H and O–H groups in total. The van der Waals surface area contributed by atoms with E-state index in [1.807, 2.05) is 0 Å². The van der Waals surface area contributed by atoms with Crippen LogP contribution in [0, 0.1) is 0 Å². The van der Waals surface area contributed by atoms with Crippen molar-refractivity contribution in [3.8, 4) is 0 Å². The minimum Gasteiger partial charge on any atom is -0.373 e. The molecule has 2 rings (SSSR count). The van der Waals surface area contributed by atoms with Crippen molar-refractivity contribution in [2.45, 2.75) is 25.1 Å². The predicted molar refractivity (Wildman–Crippen MR) is 65.7 cm³/mol. The molecule has 0 saturated carbocycles. The standard InChI is InChI=1S/C13H17F3N2/c1-18(9-10-5-4-8-17-10)12-7-3-2-6-11(12)13(14,15)16/h2-3,6-7,10,17H,4-5,8-9H2,1H3. The van der Waals surface area contributed by atoms with Crippen LogP contribution in [-0.4, -0.2) is 26.2 Å². The van der Waals surface area contributed by atoms with Crippen molar-refractivity contribution in [2.24, 2.45) is 0 Å². The Morgan fingerprint density at radius 2 is 2.06 bits per heavy atom. The number of benzene rings is 1. The Balaban J connectivity index is 2.16. The Kier molecular flexibility index (Phi) is 3.80. The van der Waals surface area contributed by atoms with Gasteiger partial charge >= 0.3 is 6.18 Å². The van der Waals surface area contributed by atoms with Crippen LogP contribution in [-0.2, 0) is 6.18 Å². The van der Waals surface area contributed by atoms with Gasteiger partial charge < -0.3 is 10.2 Å². The normalized spacial score (nSPS) is 20.1. The Bertz CT molecular complexity index is 397. The van der Waals surface area contributed by atoms with Gasteiger partial charge in [0.15, 0.2) is 0 Å². The topological polar surface area (TPSA) is 15.3 Å². The van der Waals surface area contributed by atoms with Crippen LogP contribution in [0.25, 0.3) is 0 Å². The molecule has 5 heteroatoms. The maximum absolute atomic E-state index is 12.9. The zero-order valence-electron chi connectivity index (χ0n) is 10.3. The number of anilines is 1. The highest BCUT2D eigenvalue weighted by Crippen LogP contribution is 2.36. The summed E-state index contributed by atoms with van der Waals surface area (Å²) in [5.41, 5.74) is -0.316. The maximum Gasteiger partial charge on any atom is 0.418 e. The number of rotatable bonds is 3. The van der Waals surface area contributed by atoms with Crippen LogP contribution in [0.5, 0.6) is 0 Å². The molecule has 0 spiro atoms. The zero-order chi connectivity index (χ0) is 13.2. The summed E-state index contributed by atoms with van der Waals surface area (Å²) >= 11 is 0. The van der Waals surface area contributed by atoms with Gasteiger partial charge in [0.05, 0.1) is 5.56 Å². The van der Waals surface area contributed by atoms with E-state index in [4.69, 9.17) is 0 Å². The van der Waals surface area contributed by atoms with Gasteiger partial charge in [-0.1, -0.05) is 12.1 Å². The van der Waals surface area contributed by atoms with Gasteiger partial charge in [0.2, 0.25) is 0 Å². The Labute approximate surface area is 105 Å². The molecule has 1 atom stereocenters. The van der Waals surface area contributed by atoms with Crippen LogP contribution in [0.15, 0.2) is 24.3 Å². The Hall–Kier alpha value is -1.23. The third-order valence-corrected chi connectivity index (χ3v) is 3.28. The van der Waals surface area contributed by atoms with Gasteiger partial charge in [-0.2, -0.15) is 13.2 Å². The van der Waals surface area contributed by atoms with Gasteiger partial charge in [-0.15, -0.1) is 0 Å². The van der Waals surface area contributed by atoms with Crippen LogP contribution < -0.4 is 10.2 Å². The fourth-order valence-corrected chi connectivity index (χ4v) is 2.39. The first-order valence-electron chi connectivity index (χ1n) is 6.09. The average Bonchev–Trinajstić information content (AvgIpc) is 2.80. The van der Waals surface area contributed by atoms with E-state index in [1.54, 1.807) is 18.0 Å². The van der Waals surface area contributed by atoms with Crippen LogP contribution in [0.1, 0.15) is 18.4 Å². The van der Waals surface area contributed by atoms with Crippen molar-refractivity contribution < 1.29 is 13.2 Å². The molecular formula is C13H17F3N2. The van der Waals surface area contributed by atoms with E-state index in [1.165, 1.54) is 12.1 Å². The lowest BCUT2D eigenvalue weighted by Gasteiger charge is -2.26. The number of nitrogens with one attached hydrogen (secondary N) is 1. The van der Waals surface area contributed by atoms with E-state index in [0.717, 1.165) is 25.5 Å². The molecule has 100 valence electrons. The van der Waals surface area contributed by atoms with Gasteiger partial charge in [0, 0.05) is 25.3 Å². The van der Waals surface area contributed by atoms with Crippen LogP contribution in [0.2, 0.25) is 0 Å². The molecule has 1 aromatic carbocycles. The Morgan fingerprint density at radius 3 is 2.67 bits per heavy atom. The summed E-state index contributed by atoms with van der Waals surface area (Å²) in [7, 11) is 1.71. The summed E-state index contributed by atoms with van der Waals surface area (Å²) in [6.45, 7) is 1.56. The minimum absolute atomic E-state index is 0.249. The van der Waals surface area contributed by atoms with Gasteiger partial charge in [-0.25, -0.2) is 0 Å². The number of halogens is 3. The van der Waals surface area contributed by atoms with E-state index in [2.05, 4.69) is 5.32 Å². The fourth-order valence-electron chi connectivity index (χ4n) is 2.39. The monoisotopic (exact) mass is 258 g/mol. The Morgan fingerprint density at radius 1 is 1.33 bits per heavy atom. The SMILES string of the molecule is CN(CC1CCCN1)c1ccccc1C(F)(F)F. The zero-order valence-corrected chi connectivity index (χ0v) is 10.3. The summed E-state index contributed by atoms with van der Waals surface area (Å²) in [5, 5.41) is 3.29. The lowest BCUT2D eigenvalue weighted by Crippen LogP contribution is -2.36. The van der Waals surface area contributed by atoms with Crippen LogP contribution >= 0.6 is 0 Å². The molecule has 0 amide bonds. The number of hydrogen-bond acceptors (Lipinski definition) is 2. The summed E-state index contributed by atoms with van der Waals surface area (Å²) < 4.78 is 38.6. The second kappa shape index (κ2) is 5.18. The number of likely N-dealkylation sites (N-methyl/N-ethyl adjacent to an activating group) is 1. The maximum atomic E-state index is 12.9. The largest absolute Gasteiger partial charge is 0.418 e. The highest BCUT2D eigenvalue weighted by Gasteiger charge is 2.34. The van der Waals surface area contributed by atoms with Gasteiger partial charge in [-0.3, -0.25) is 0 Å². The number of hydrogen-bond donors (Lipinski definition) is 1. The third-order valence-electron chi connectivity index (χ3n) is 3.28. The quantitative estimate of drug-likeness (QED) is 0.896. The van der Waals surface area contributed by atoms with Gasteiger partial charge in [0.25, 0.3) is 0 Å². The lowest BCUT2D eigenvalue weighted by atomic mass is 10.1. The molecule has 0 radical (unpaired) electrons. The summed E-state index contributed by atoms with van der Waals surface area (Å²) in [6, 6.07) is 6.01. The van der Waals surface area contributed by atoms with Crippen molar-refractivity contribution in [1.29, 1.82) is 0 Å². The van der Waals surface area contributed by atoms with Gasteiger partial charge in [0.1, 0.15) is 0 Å². The van der Waals surface area contributed by atoms with Crippen molar-refractivity contribution in [1.82, 2.24) is 5.32 Å². The van der Waals surface area contributed by atoms with Crippen molar-refractivity contribution in [2.75, 3.05) is 25.0 Å². The molecule has 18 heavy (non-hydrogen) atoms. The molecule has 1 saturated heterocycles. The molecule has 1 aromatic rings. The van der Waals surface area contributed by atoms with Crippen molar-refractivity contribution >= 4 is 5.69 Å². The summed E-state index contributed by atoms with van der Waals surface area (Å²) in [4.78, 5) is 1.69. The molecule has 1 fully saturated rings. The first-order chi connectivity index (χ1) is 8.48. The number of alkyl halides is 3. The second-order valence-electron chi connectivity index (χ2n) is 4.69. The van der Waals surface area contributed by atoms with E-state index in [0.29, 0.717) is 6.54 Å². The lowest BCUT2D eigenvalue weighted by molar-refractivity contribution is -0.137. The molecule has 1 unspecified atom stereocenters. The molecule has 0 aliphatic carbocycles. The van der Waals surface area contributed by atoms with E-state index in [9.17, 15) is 13.2 Å². The molecule has 0 bridgehead atoms. The highest BCUT2D eigenvalue weighted by atomic mass is 19.4. The molecular weight excluding hydrogens is 241 g/mol. The first kappa shape index (κ1) is 13.2. The molecule has 1 heterocycles. The number of nitrogens with zero attached hydrogens (tertiary/aromatic N) is 1. The minimum atomic E-state index is -4.30. The van der Waals surface area contributed by atoms with Crippen molar-refractivity contribution in [3.63, 3.8) is 0 Å². The highest BCUT2D eigenvalue weighted by molar-refractivity contribution is 5.54. The smallest absolute Gasteiger partial charge is 0.373 e. The fraction of sp³-hybridized carbons (Fsp3) is 0.538. The molecule has 1 aliphatic rings. The third kappa shape index (κ3) is 2.96. The van der Waals surface area contributed by atoms with E-state index >= 15 is 0 Å². The summed E-state index contributed by atoms with van der Waals surface area (Å²) in [6.07, 6.45) is -2.17.